The summed E-state index contributed by atoms with van der Waals surface area (Å²) in [5.41, 5.74) is 2.25. The third kappa shape index (κ3) is 5.44. The first kappa shape index (κ1) is 27.4. The van der Waals surface area contributed by atoms with Crippen molar-refractivity contribution in [3.63, 3.8) is 0 Å². The van der Waals surface area contributed by atoms with Crippen molar-refractivity contribution in [2.45, 2.75) is 56.4 Å². The molecule has 0 spiro atoms. The summed E-state index contributed by atoms with van der Waals surface area (Å²) in [6.07, 6.45) is 10.5. The molecule has 2 aromatic carbocycles. The van der Waals surface area contributed by atoms with E-state index in [0.717, 1.165) is 53.4 Å². The molecule has 0 saturated heterocycles. The van der Waals surface area contributed by atoms with Crippen LogP contribution >= 0.6 is 0 Å². The number of carbonyl (C=O) groups excluding carboxylic acids is 2. The van der Waals surface area contributed by atoms with Gasteiger partial charge in [-0.2, -0.15) is 0 Å². The molecule has 1 aliphatic carbocycles. The third-order valence-electron chi connectivity index (χ3n) is 8.53. The predicted octanol–water partition coefficient (Wildman–Crippen LogP) is 5.97. The Bertz CT molecular complexity index is 1670. The number of para-hydroxylation sites is 1. The Morgan fingerprint density at radius 2 is 1.71 bits per heavy atom. The van der Waals surface area contributed by atoms with Crippen LogP contribution in [0.1, 0.15) is 60.8 Å². The number of rotatable bonds is 9. The first-order valence-corrected chi connectivity index (χ1v) is 14.5. The average molecular weight is 562 g/mol. The minimum atomic E-state index is -1.28. The largest absolute Gasteiger partial charge is 0.443 e. The molecule has 1 saturated carbocycles. The Morgan fingerprint density at radius 1 is 0.952 bits per heavy atom. The number of oxazole rings is 1. The molecule has 8 heteroatoms. The molecule has 0 radical (unpaired) electrons. The SMILES string of the molecule is C[C@@](Cc1c[nH]c2ccccc12)(NC(=O)c1ncoc1-c1ccccc1)C(=O)NCC1(c2ccccn2)CCCCC1. The van der Waals surface area contributed by atoms with Gasteiger partial charge in [0.15, 0.2) is 17.8 Å². The minimum absolute atomic E-state index is 0.136. The highest BCUT2D eigenvalue weighted by atomic mass is 16.3. The van der Waals surface area contributed by atoms with Gasteiger partial charge in [-0.1, -0.05) is 73.9 Å². The lowest BCUT2D eigenvalue weighted by Crippen LogP contribution is -2.60. The highest BCUT2D eigenvalue weighted by Crippen LogP contribution is 2.38. The van der Waals surface area contributed by atoms with Crippen molar-refractivity contribution < 1.29 is 14.0 Å². The maximum atomic E-state index is 14.2. The van der Waals surface area contributed by atoms with Crippen LogP contribution in [-0.4, -0.2) is 38.8 Å². The van der Waals surface area contributed by atoms with Gasteiger partial charge in [0.1, 0.15) is 5.54 Å². The van der Waals surface area contributed by atoms with Crippen LogP contribution in [0.15, 0.2) is 96.0 Å². The summed E-state index contributed by atoms with van der Waals surface area (Å²) < 4.78 is 5.61. The number of aromatic amines is 1. The predicted molar refractivity (Wildman–Crippen MR) is 162 cm³/mol. The molecule has 1 aliphatic rings. The number of hydrogen-bond acceptors (Lipinski definition) is 5. The number of pyridine rings is 1. The second-order valence-electron chi connectivity index (χ2n) is 11.5. The number of benzene rings is 2. The van der Waals surface area contributed by atoms with Gasteiger partial charge in [-0.15, -0.1) is 0 Å². The fourth-order valence-electron chi connectivity index (χ4n) is 6.23. The van der Waals surface area contributed by atoms with Crippen molar-refractivity contribution in [2.24, 2.45) is 0 Å². The van der Waals surface area contributed by atoms with Gasteiger partial charge in [-0.3, -0.25) is 14.6 Å². The van der Waals surface area contributed by atoms with E-state index in [9.17, 15) is 9.59 Å². The van der Waals surface area contributed by atoms with Gasteiger partial charge in [0.2, 0.25) is 5.91 Å². The van der Waals surface area contributed by atoms with E-state index in [1.807, 2.05) is 79.1 Å². The van der Waals surface area contributed by atoms with Crippen molar-refractivity contribution in [1.82, 2.24) is 25.6 Å². The smallest absolute Gasteiger partial charge is 0.274 e. The molecule has 0 aliphatic heterocycles. The number of nitrogens with zero attached hydrogens (tertiary/aromatic N) is 2. The van der Waals surface area contributed by atoms with Crippen LogP contribution in [0.5, 0.6) is 0 Å². The molecule has 3 aromatic heterocycles. The van der Waals surface area contributed by atoms with Gasteiger partial charge in [0.05, 0.1) is 0 Å². The van der Waals surface area contributed by atoms with Gasteiger partial charge in [-0.05, 0) is 43.5 Å². The van der Waals surface area contributed by atoms with Gasteiger partial charge < -0.3 is 20.0 Å². The van der Waals surface area contributed by atoms with Gasteiger partial charge in [0.25, 0.3) is 5.91 Å². The number of hydrogen-bond donors (Lipinski definition) is 3. The van der Waals surface area contributed by atoms with Crippen LogP contribution in [0.2, 0.25) is 0 Å². The fourth-order valence-corrected chi connectivity index (χ4v) is 6.23. The molecule has 0 bridgehead atoms. The quantitative estimate of drug-likeness (QED) is 0.205. The first-order valence-electron chi connectivity index (χ1n) is 14.5. The molecule has 214 valence electrons. The van der Waals surface area contributed by atoms with Crippen molar-refractivity contribution in [3.8, 4) is 11.3 Å². The highest BCUT2D eigenvalue weighted by molar-refractivity contribution is 6.01. The maximum absolute atomic E-state index is 14.2. The van der Waals surface area contributed by atoms with Gasteiger partial charge in [0, 0.05) is 52.9 Å². The number of nitrogens with one attached hydrogen (secondary N) is 3. The summed E-state index contributed by atoms with van der Waals surface area (Å²) in [6.45, 7) is 2.22. The standard InChI is InChI=1S/C34H35N5O3/c1-33(20-25-21-36-27-15-7-6-14-26(25)27,39-31(40)29-30(42-23-38-29)24-12-4-2-5-13-24)32(41)37-22-34(17-9-3-10-18-34)28-16-8-11-19-35-28/h2,4-8,11-16,19,21,23,36H,3,9-10,17-18,20,22H2,1H3,(H,37,41)(H,39,40)/t33-/m0/s1. The number of fused-ring (bicyclic) bond motifs is 1. The van der Waals surface area contributed by atoms with E-state index in [1.54, 1.807) is 6.92 Å². The van der Waals surface area contributed by atoms with Crippen LogP contribution in [0.3, 0.4) is 0 Å². The Morgan fingerprint density at radius 3 is 2.50 bits per heavy atom. The molecule has 5 aromatic rings. The van der Waals surface area contributed by atoms with Crippen LogP contribution in [0, 0.1) is 0 Å². The number of carbonyl (C=O) groups is 2. The molecule has 0 unspecified atom stereocenters. The molecule has 3 heterocycles. The summed E-state index contributed by atoms with van der Waals surface area (Å²) in [6, 6.07) is 23.3. The number of aromatic nitrogens is 3. The second-order valence-corrected chi connectivity index (χ2v) is 11.5. The zero-order valence-corrected chi connectivity index (χ0v) is 23.7. The summed E-state index contributed by atoms with van der Waals surface area (Å²) in [5, 5.41) is 7.30. The van der Waals surface area contributed by atoms with Crippen LogP contribution in [0.4, 0.5) is 0 Å². The molecule has 2 amide bonds. The van der Waals surface area contributed by atoms with E-state index in [2.05, 4.69) is 31.7 Å². The fraction of sp³-hybridized carbons (Fsp3) is 0.294. The molecule has 42 heavy (non-hydrogen) atoms. The van der Waals surface area contributed by atoms with Crippen LogP contribution in [-0.2, 0) is 16.6 Å². The van der Waals surface area contributed by atoms with Crippen molar-refractivity contribution >= 4 is 22.7 Å². The van der Waals surface area contributed by atoms with Crippen LogP contribution < -0.4 is 10.6 Å². The van der Waals surface area contributed by atoms with Gasteiger partial charge >= 0.3 is 0 Å². The monoisotopic (exact) mass is 561 g/mol. The van der Waals surface area contributed by atoms with Crippen LogP contribution in [0.25, 0.3) is 22.2 Å². The van der Waals surface area contributed by atoms with E-state index < -0.39 is 11.4 Å². The van der Waals surface area contributed by atoms with Crippen molar-refractivity contribution in [3.05, 3.63) is 109 Å². The molecular weight excluding hydrogens is 526 g/mol. The van der Waals surface area contributed by atoms with E-state index in [-0.39, 0.29) is 23.4 Å². The number of amides is 2. The topological polar surface area (TPSA) is 113 Å². The Balaban J connectivity index is 1.30. The Labute approximate surface area is 245 Å². The molecule has 1 fully saturated rings. The molecule has 6 rings (SSSR count). The molecular formula is C34H35N5O3. The number of H-pyrrole nitrogens is 1. The zero-order valence-electron chi connectivity index (χ0n) is 23.7. The Hall–Kier alpha value is -4.72. The van der Waals surface area contributed by atoms with E-state index in [1.165, 1.54) is 12.8 Å². The molecule has 1 atom stereocenters. The van der Waals surface area contributed by atoms with E-state index >= 15 is 0 Å². The maximum Gasteiger partial charge on any atom is 0.274 e. The molecule has 8 nitrogen and oxygen atoms in total. The zero-order chi connectivity index (χ0) is 29.0. The highest BCUT2D eigenvalue weighted by Gasteiger charge is 2.41. The molecule has 3 N–H and O–H groups in total. The normalized spacial score (nSPS) is 16.0. The summed E-state index contributed by atoms with van der Waals surface area (Å²) >= 11 is 0. The second kappa shape index (κ2) is 11.6. The van der Waals surface area contributed by atoms with E-state index in [0.29, 0.717) is 12.3 Å². The lowest BCUT2D eigenvalue weighted by molar-refractivity contribution is -0.127. The minimum Gasteiger partial charge on any atom is -0.443 e. The third-order valence-corrected chi connectivity index (χ3v) is 8.53. The average Bonchev–Trinajstić information content (AvgIpc) is 3.69. The summed E-state index contributed by atoms with van der Waals surface area (Å²) in [7, 11) is 0. The summed E-state index contributed by atoms with van der Waals surface area (Å²) in [4.78, 5) is 40.2. The van der Waals surface area contributed by atoms with Crippen molar-refractivity contribution in [1.29, 1.82) is 0 Å². The van der Waals surface area contributed by atoms with E-state index in [4.69, 9.17) is 4.42 Å². The van der Waals surface area contributed by atoms with Gasteiger partial charge in [-0.25, -0.2) is 4.98 Å². The Kier molecular flexibility index (Phi) is 7.61. The summed E-state index contributed by atoms with van der Waals surface area (Å²) in [5.74, 6) is -0.372. The van der Waals surface area contributed by atoms with Crippen molar-refractivity contribution in [2.75, 3.05) is 6.54 Å². The lowest BCUT2D eigenvalue weighted by Gasteiger charge is -2.38. The lowest BCUT2D eigenvalue weighted by atomic mass is 9.71. The first-order chi connectivity index (χ1) is 20.5.